The summed E-state index contributed by atoms with van der Waals surface area (Å²) >= 11 is 3.36. The van der Waals surface area contributed by atoms with Gasteiger partial charge in [0.2, 0.25) is 11.6 Å². The Kier molecular flexibility index (Phi) is 11.2. The maximum Gasteiger partial charge on any atom is 0.202 e. The summed E-state index contributed by atoms with van der Waals surface area (Å²) in [5.74, 6) is -5.02. The number of halogens is 4. The summed E-state index contributed by atoms with van der Waals surface area (Å²) in [6.07, 6.45) is 1.99. The van der Waals surface area contributed by atoms with Gasteiger partial charge in [0, 0.05) is 22.9 Å². The van der Waals surface area contributed by atoms with Crippen molar-refractivity contribution in [3.05, 3.63) is 107 Å². The summed E-state index contributed by atoms with van der Waals surface area (Å²) in [5.41, 5.74) is 2.39. The van der Waals surface area contributed by atoms with Gasteiger partial charge in [-0.1, -0.05) is 37.3 Å². The highest BCUT2D eigenvalue weighted by molar-refractivity contribution is 7.99. The second-order valence-electron chi connectivity index (χ2n) is 8.11. The van der Waals surface area contributed by atoms with Crippen LogP contribution in [0.2, 0.25) is 0 Å². The largest absolute Gasteiger partial charge is 0.503 e. The highest BCUT2D eigenvalue weighted by Gasteiger charge is 2.13. The molecule has 0 atom stereocenters. The maximum absolute atomic E-state index is 13.2. The lowest BCUT2D eigenvalue weighted by Crippen LogP contribution is -2.02. The highest BCUT2D eigenvalue weighted by atomic mass is 32.2. The van der Waals surface area contributed by atoms with Crippen molar-refractivity contribution in [2.75, 3.05) is 22.6 Å². The quantitative estimate of drug-likeness (QED) is 0.0912. The highest BCUT2D eigenvalue weighted by Crippen LogP contribution is 2.30. The van der Waals surface area contributed by atoms with E-state index in [0.717, 1.165) is 38.8 Å². The minimum absolute atomic E-state index is 0.174. The van der Waals surface area contributed by atoms with Crippen LogP contribution in [0.25, 0.3) is 0 Å². The molecule has 0 spiro atoms. The predicted molar refractivity (Wildman–Crippen MR) is 152 cm³/mol. The molecular weight excluding hydrogens is 548 g/mol. The van der Waals surface area contributed by atoms with E-state index in [1.54, 1.807) is 23.5 Å². The first kappa shape index (κ1) is 30.0. The molecule has 0 saturated carbocycles. The van der Waals surface area contributed by atoms with Gasteiger partial charge >= 0.3 is 0 Å². The van der Waals surface area contributed by atoms with Crippen LogP contribution in [0.5, 0.6) is 11.5 Å². The summed E-state index contributed by atoms with van der Waals surface area (Å²) in [4.78, 5) is 2.28. The lowest BCUT2D eigenvalue weighted by Gasteiger charge is -2.12. The smallest absolute Gasteiger partial charge is 0.202 e. The molecule has 4 rings (SSSR count). The van der Waals surface area contributed by atoms with E-state index in [-0.39, 0.29) is 11.4 Å². The van der Waals surface area contributed by atoms with Gasteiger partial charge in [0.05, 0.1) is 11.4 Å². The van der Waals surface area contributed by atoms with E-state index in [1.807, 2.05) is 54.8 Å². The number of phenolic OH excluding ortho intramolecular Hbond substituents is 2. The third kappa shape index (κ3) is 8.24. The van der Waals surface area contributed by atoms with E-state index in [0.29, 0.717) is 13.1 Å². The normalized spacial score (nSPS) is 10.5. The van der Waals surface area contributed by atoms with Gasteiger partial charge in [-0.25, -0.2) is 8.78 Å². The average molecular weight is 577 g/mol. The van der Waals surface area contributed by atoms with Crippen molar-refractivity contribution in [2.24, 2.45) is 0 Å². The van der Waals surface area contributed by atoms with Gasteiger partial charge in [-0.3, -0.25) is 0 Å². The van der Waals surface area contributed by atoms with Crippen LogP contribution in [0.3, 0.4) is 0 Å². The molecule has 0 amide bonds. The van der Waals surface area contributed by atoms with Crippen LogP contribution in [-0.2, 0) is 13.1 Å². The molecule has 4 aromatic carbocycles. The van der Waals surface area contributed by atoms with Crippen LogP contribution >= 0.6 is 23.5 Å². The molecule has 0 bridgehead atoms. The van der Waals surface area contributed by atoms with Crippen LogP contribution in [-0.4, -0.2) is 22.2 Å². The lowest BCUT2D eigenvalue weighted by atomic mass is 10.2. The lowest BCUT2D eigenvalue weighted by molar-refractivity contribution is 0.408. The van der Waals surface area contributed by atoms with E-state index in [2.05, 4.69) is 17.6 Å². The SMILES string of the molecule is CCSc1ccccc1CNc1ccc(F)c(F)c1O.CSc1ccc(CNc2ccc(F)c(F)c2O)cc1. The Morgan fingerprint density at radius 1 is 0.692 bits per heavy atom. The topological polar surface area (TPSA) is 64.5 Å². The number of anilines is 2. The van der Waals surface area contributed by atoms with Crippen molar-refractivity contribution in [1.29, 1.82) is 0 Å². The molecule has 10 heteroatoms. The van der Waals surface area contributed by atoms with Crippen LogP contribution in [0.1, 0.15) is 18.1 Å². The van der Waals surface area contributed by atoms with Crippen LogP contribution in [0.15, 0.2) is 82.6 Å². The van der Waals surface area contributed by atoms with Crippen LogP contribution in [0, 0.1) is 23.3 Å². The Hall–Kier alpha value is -3.50. The average Bonchev–Trinajstić information content (AvgIpc) is 2.95. The second kappa shape index (κ2) is 14.6. The second-order valence-corrected chi connectivity index (χ2v) is 10.3. The molecule has 0 heterocycles. The molecule has 4 aromatic rings. The Bertz CT molecular complexity index is 1390. The Labute approximate surface area is 233 Å². The summed E-state index contributed by atoms with van der Waals surface area (Å²) in [7, 11) is 0. The number of phenols is 2. The number of hydrogen-bond acceptors (Lipinski definition) is 6. The molecular formula is C29H28F4N2O2S2. The molecule has 4 nitrogen and oxygen atoms in total. The first-order valence-corrected chi connectivity index (χ1v) is 14.1. The van der Waals surface area contributed by atoms with Gasteiger partial charge in [-0.05, 0) is 65.6 Å². The number of aromatic hydroxyl groups is 2. The van der Waals surface area contributed by atoms with E-state index in [4.69, 9.17) is 0 Å². The van der Waals surface area contributed by atoms with Crippen molar-refractivity contribution < 1.29 is 27.8 Å². The van der Waals surface area contributed by atoms with Gasteiger partial charge < -0.3 is 20.8 Å². The molecule has 4 N–H and O–H groups in total. The fourth-order valence-corrected chi connectivity index (χ4v) is 4.66. The van der Waals surface area contributed by atoms with E-state index < -0.39 is 34.8 Å². The molecule has 0 aliphatic heterocycles. The maximum atomic E-state index is 13.2. The third-order valence-electron chi connectivity index (χ3n) is 5.52. The van der Waals surface area contributed by atoms with Gasteiger partial charge in [-0.2, -0.15) is 8.78 Å². The number of hydrogen-bond donors (Lipinski definition) is 4. The first-order chi connectivity index (χ1) is 18.7. The zero-order chi connectivity index (χ0) is 28.4. The zero-order valence-corrected chi connectivity index (χ0v) is 22.9. The van der Waals surface area contributed by atoms with Crippen molar-refractivity contribution in [3.8, 4) is 11.5 Å². The summed E-state index contributed by atoms with van der Waals surface area (Å²) < 4.78 is 52.2. The molecule has 0 saturated heterocycles. The standard InChI is InChI=1S/C15H15F2NOS.C14H13F2NOS/c1-2-20-13-6-4-3-5-10(13)9-18-12-8-7-11(16)14(17)15(12)19;1-19-10-4-2-9(3-5-10)8-17-12-7-6-11(15)13(16)14(12)18/h3-8,18-19H,2,9H2,1H3;2-7,17-18H,8H2,1H3. The molecule has 0 aliphatic carbocycles. The minimum atomic E-state index is -1.23. The molecule has 39 heavy (non-hydrogen) atoms. The van der Waals surface area contributed by atoms with E-state index in [9.17, 15) is 27.8 Å². The number of thioether (sulfide) groups is 2. The Balaban J connectivity index is 0.000000216. The molecule has 0 aliphatic rings. The monoisotopic (exact) mass is 576 g/mol. The molecule has 0 aromatic heterocycles. The predicted octanol–water partition coefficient (Wildman–Crippen LogP) is 8.40. The van der Waals surface area contributed by atoms with Crippen molar-refractivity contribution in [1.82, 2.24) is 0 Å². The van der Waals surface area contributed by atoms with E-state index in [1.165, 1.54) is 12.1 Å². The molecule has 0 radical (unpaired) electrons. The van der Waals surface area contributed by atoms with Crippen molar-refractivity contribution in [3.63, 3.8) is 0 Å². The van der Waals surface area contributed by atoms with Crippen LogP contribution < -0.4 is 10.6 Å². The molecule has 0 fully saturated rings. The Morgan fingerprint density at radius 2 is 1.23 bits per heavy atom. The van der Waals surface area contributed by atoms with Gasteiger partial charge in [0.15, 0.2) is 23.1 Å². The number of rotatable bonds is 9. The van der Waals surface area contributed by atoms with Crippen LogP contribution in [0.4, 0.5) is 28.9 Å². The number of nitrogens with one attached hydrogen (secondary N) is 2. The fraction of sp³-hybridized carbons (Fsp3) is 0.172. The van der Waals surface area contributed by atoms with Crippen molar-refractivity contribution >= 4 is 34.9 Å². The number of benzene rings is 4. The van der Waals surface area contributed by atoms with Gasteiger partial charge in [-0.15, -0.1) is 23.5 Å². The van der Waals surface area contributed by atoms with Gasteiger partial charge in [0.1, 0.15) is 0 Å². The zero-order valence-electron chi connectivity index (χ0n) is 21.3. The third-order valence-corrected chi connectivity index (χ3v) is 7.26. The summed E-state index contributed by atoms with van der Waals surface area (Å²) in [6, 6.07) is 20.3. The minimum Gasteiger partial charge on any atom is -0.503 e. The Morgan fingerprint density at radius 3 is 1.77 bits per heavy atom. The first-order valence-electron chi connectivity index (χ1n) is 11.9. The molecule has 0 unspecified atom stereocenters. The van der Waals surface area contributed by atoms with E-state index >= 15 is 0 Å². The summed E-state index contributed by atoms with van der Waals surface area (Å²) in [6.45, 7) is 2.92. The van der Waals surface area contributed by atoms with Crippen molar-refractivity contribution in [2.45, 2.75) is 29.8 Å². The fourth-order valence-electron chi connectivity index (χ4n) is 3.44. The summed E-state index contributed by atoms with van der Waals surface area (Å²) in [5, 5.41) is 24.8. The molecule has 206 valence electrons. The van der Waals surface area contributed by atoms with Gasteiger partial charge in [0.25, 0.3) is 0 Å².